The highest BCUT2D eigenvalue weighted by atomic mass is 35.5. The fraction of sp³-hybridized carbons (Fsp3) is 0.688. The van der Waals surface area contributed by atoms with E-state index in [2.05, 4.69) is 29.7 Å². The summed E-state index contributed by atoms with van der Waals surface area (Å²) in [5.41, 5.74) is 6.50. The van der Waals surface area contributed by atoms with Crippen molar-refractivity contribution in [3.8, 4) is 0 Å². The molecule has 0 bridgehead atoms. The number of unbranched alkanes of at least 4 members (excludes halogenated alkanes) is 13. The maximum atomic E-state index is 12.7. The van der Waals surface area contributed by atoms with Gasteiger partial charge in [0, 0.05) is 6.54 Å². The van der Waals surface area contributed by atoms with Crippen LogP contribution in [0.5, 0.6) is 0 Å². The number of carbonyl (C=O) groups is 2. The maximum absolute atomic E-state index is 12.7. The van der Waals surface area contributed by atoms with Crippen LogP contribution in [0, 0.1) is 0 Å². The van der Waals surface area contributed by atoms with Crippen molar-refractivity contribution in [1.82, 2.24) is 10.6 Å². The van der Waals surface area contributed by atoms with Crippen molar-refractivity contribution in [1.29, 1.82) is 0 Å². The first-order chi connectivity index (χ1) is 18.7. The summed E-state index contributed by atoms with van der Waals surface area (Å²) in [6, 6.07) is 8.91. The number of carbonyl (C=O) groups excluding carboxylic acids is 2. The summed E-state index contributed by atoms with van der Waals surface area (Å²) in [7, 11) is 0. The van der Waals surface area contributed by atoms with Crippen molar-refractivity contribution in [2.75, 3.05) is 13.1 Å². The standard InChI is InChI=1S/C32H55N3O3.ClH/c1-2-3-4-5-6-7-8-9-10-11-12-13-14-15-16-22-27-34-31(36)30(25-20-21-26-33)35-32(37)38-28-29-23-18-17-19-24-29;/h9-10,17-19,23-24,30H,2-8,11-16,20-22,25-28,33H2,1H3,(H,34,36)(H,35,37);1H/b10-9-;/t30-;/m1./s1. The molecule has 2 amide bonds. The Kier molecular flexibility index (Phi) is 26.1. The van der Waals surface area contributed by atoms with Crippen LogP contribution in [0.4, 0.5) is 4.79 Å². The van der Waals surface area contributed by atoms with Crippen LogP contribution < -0.4 is 16.4 Å². The molecule has 0 aliphatic rings. The third-order valence-electron chi connectivity index (χ3n) is 6.76. The second kappa shape index (κ2) is 27.5. The molecule has 39 heavy (non-hydrogen) atoms. The fourth-order valence-corrected chi connectivity index (χ4v) is 4.38. The van der Waals surface area contributed by atoms with E-state index >= 15 is 0 Å². The number of nitrogens with one attached hydrogen (secondary N) is 2. The van der Waals surface area contributed by atoms with Gasteiger partial charge in [-0.05, 0) is 63.5 Å². The molecule has 0 saturated carbocycles. The van der Waals surface area contributed by atoms with Crippen LogP contribution >= 0.6 is 12.4 Å². The second-order valence-electron chi connectivity index (χ2n) is 10.3. The predicted molar refractivity (Wildman–Crippen MR) is 166 cm³/mol. The number of allylic oxidation sites excluding steroid dienone is 2. The molecule has 0 heterocycles. The molecule has 0 aromatic heterocycles. The van der Waals surface area contributed by atoms with Crippen molar-refractivity contribution < 1.29 is 14.3 Å². The summed E-state index contributed by atoms with van der Waals surface area (Å²) >= 11 is 0. The van der Waals surface area contributed by atoms with Gasteiger partial charge in [-0.25, -0.2) is 4.79 Å². The summed E-state index contributed by atoms with van der Waals surface area (Å²) < 4.78 is 5.29. The Hall–Kier alpha value is -2.05. The zero-order valence-electron chi connectivity index (χ0n) is 24.5. The van der Waals surface area contributed by atoms with E-state index in [9.17, 15) is 9.59 Å². The highest BCUT2D eigenvalue weighted by Crippen LogP contribution is 2.10. The van der Waals surface area contributed by atoms with Gasteiger partial charge in [0.1, 0.15) is 12.6 Å². The molecule has 0 radical (unpaired) electrons. The molecule has 0 aliphatic heterocycles. The Morgan fingerprint density at radius 2 is 1.41 bits per heavy atom. The molecule has 0 spiro atoms. The van der Waals surface area contributed by atoms with Crippen LogP contribution in [-0.4, -0.2) is 31.1 Å². The molecule has 4 N–H and O–H groups in total. The number of hydrogen-bond acceptors (Lipinski definition) is 4. The van der Waals surface area contributed by atoms with Gasteiger partial charge in [-0.3, -0.25) is 4.79 Å². The van der Waals surface area contributed by atoms with Gasteiger partial charge >= 0.3 is 6.09 Å². The Bertz CT molecular complexity index is 731. The van der Waals surface area contributed by atoms with Crippen molar-refractivity contribution in [2.24, 2.45) is 5.73 Å². The van der Waals surface area contributed by atoms with E-state index in [0.717, 1.165) is 31.2 Å². The lowest BCUT2D eigenvalue weighted by molar-refractivity contribution is -0.123. The van der Waals surface area contributed by atoms with Crippen molar-refractivity contribution >= 4 is 24.4 Å². The minimum Gasteiger partial charge on any atom is -0.445 e. The molecule has 6 nitrogen and oxygen atoms in total. The van der Waals surface area contributed by atoms with Gasteiger partial charge in [0.05, 0.1) is 0 Å². The lowest BCUT2D eigenvalue weighted by Crippen LogP contribution is -2.47. The smallest absolute Gasteiger partial charge is 0.408 e. The van der Waals surface area contributed by atoms with Gasteiger partial charge in [0.15, 0.2) is 0 Å². The van der Waals surface area contributed by atoms with Gasteiger partial charge in [0.2, 0.25) is 5.91 Å². The fourth-order valence-electron chi connectivity index (χ4n) is 4.38. The third kappa shape index (κ3) is 22.5. The van der Waals surface area contributed by atoms with Gasteiger partial charge in [-0.2, -0.15) is 0 Å². The van der Waals surface area contributed by atoms with Crippen molar-refractivity contribution in [2.45, 2.75) is 129 Å². The van der Waals surface area contributed by atoms with Crippen LogP contribution in [0.15, 0.2) is 42.5 Å². The summed E-state index contributed by atoms with van der Waals surface area (Å²) in [4.78, 5) is 24.9. The number of nitrogens with two attached hydrogens (primary N) is 1. The van der Waals surface area contributed by atoms with E-state index in [1.165, 1.54) is 77.0 Å². The quantitative estimate of drug-likeness (QED) is 0.0874. The Balaban J connectivity index is 0.0000144. The van der Waals surface area contributed by atoms with E-state index in [4.69, 9.17) is 10.5 Å². The zero-order chi connectivity index (χ0) is 27.5. The minimum atomic E-state index is -0.598. The SMILES string of the molecule is CCCCCCCC/C=C\CCCCCCCCNC(=O)[C@@H](CCCCN)NC(=O)OCc1ccccc1.Cl. The Morgan fingerprint density at radius 3 is 2.03 bits per heavy atom. The molecule has 1 rings (SSSR count). The first-order valence-electron chi connectivity index (χ1n) is 15.3. The topological polar surface area (TPSA) is 93.5 Å². The van der Waals surface area contributed by atoms with Crippen LogP contribution in [0.25, 0.3) is 0 Å². The highest BCUT2D eigenvalue weighted by Gasteiger charge is 2.20. The lowest BCUT2D eigenvalue weighted by atomic mass is 10.1. The number of rotatable bonds is 24. The first-order valence-corrected chi connectivity index (χ1v) is 15.3. The Labute approximate surface area is 244 Å². The van der Waals surface area contributed by atoms with E-state index < -0.39 is 12.1 Å². The van der Waals surface area contributed by atoms with E-state index in [-0.39, 0.29) is 24.9 Å². The van der Waals surface area contributed by atoms with Crippen molar-refractivity contribution in [3.05, 3.63) is 48.0 Å². The predicted octanol–water partition coefficient (Wildman–Crippen LogP) is 7.99. The lowest BCUT2D eigenvalue weighted by Gasteiger charge is -2.18. The maximum Gasteiger partial charge on any atom is 0.408 e. The summed E-state index contributed by atoms with van der Waals surface area (Å²) in [5.74, 6) is -0.147. The third-order valence-corrected chi connectivity index (χ3v) is 6.76. The van der Waals surface area contributed by atoms with Crippen molar-refractivity contribution in [3.63, 3.8) is 0 Å². The van der Waals surface area contributed by atoms with Crippen LogP contribution in [-0.2, 0) is 16.1 Å². The second-order valence-corrected chi connectivity index (χ2v) is 10.3. The number of halogens is 1. The van der Waals surface area contributed by atoms with Gasteiger partial charge < -0.3 is 21.1 Å². The molecule has 1 aromatic carbocycles. The molecule has 0 aliphatic carbocycles. The van der Waals surface area contributed by atoms with Gasteiger partial charge in [-0.1, -0.05) is 107 Å². The van der Waals surface area contributed by atoms with Crippen LogP contribution in [0.2, 0.25) is 0 Å². The summed E-state index contributed by atoms with van der Waals surface area (Å²) in [6.45, 7) is 3.65. The highest BCUT2D eigenvalue weighted by molar-refractivity contribution is 5.85. The summed E-state index contributed by atoms with van der Waals surface area (Å²) in [5, 5.41) is 5.72. The molecule has 1 aromatic rings. The molecule has 224 valence electrons. The number of benzene rings is 1. The molecule has 1 atom stereocenters. The first kappa shape index (κ1) is 37.0. The Morgan fingerprint density at radius 1 is 0.821 bits per heavy atom. The average molecular weight is 566 g/mol. The molecule has 0 unspecified atom stereocenters. The minimum absolute atomic E-state index is 0. The molecule has 0 saturated heterocycles. The number of ether oxygens (including phenoxy) is 1. The number of alkyl carbamates (subject to hydrolysis) is 1. The molecular weight excluding hydrogens is 510 g/mol. The molecular formula is C32H56ClN3O3. The number of hydrogen-bond donors (Lipinski definition) is 3. The van der Waals surface area contributed by atoms with E-state index in [1.807, 2.05) is 30.3 Å². The average Bonchev–Trinajstić information content (AvgIpc) is 2.93. The molecule has 0 fully saturated rings. The van der Waals surface area contributed by atoms with E-state index in [1.54, 1.807) is 0 Å². The van der Waals surface area contributed by atoms with Gasteiger partial charge in [0.25, 0.3) is 0 Å². The van der Waals surface area contributed by atoms with Crippen LogP contribution in [0.3, 0.4) is 0 Å². The monoisotopic (exact) mass is 565 g/mol. The molecule has 7 heteroatoms. The van der Waals surface area contributed by atoms with Gasteiger partial charge in [-0.15, -0.1) is 12.4 Å². The largest absolute Gasteiger partial charge is 0.445 e. The van der Waals surface area contributed by atoms with Crippen LogP contribution in [0.1, 0.15) is 122 Å². The van der Waals surface area contributed by atoms with E-state index in [0.29, 0.717) is 19.5 Å². The zero-order valence-corrected chi connectivity index (χ0v) is 25.3. The summed E-state index contributed by atoms with van der Waals surface area (Å²) in [6.07, 6.45) is 24.0. The number of amides is 2. The normalized spacial score (nSPS) is 11.6.